The molecule has 2 heterocycles. The first-order chi connectivity index (χ1) is 9.19. The van der Waals surface area contributed by atoms with Crippen molar-refractivity contribution in [2.75, 3.05) is 26.3 Å². The van der Waals surface area contributed by atoms with E-state index in [1.807, 2.05) is 10.9 Å². The van der Waals surface area contributed by atoms with Gasteiger partial charge in [-0.05, 0) is 39.2 Å². The lowest BCUT2D eigenvalue weighted by atomic mass is 9.99. The summed E-state index contributed by atoms with van der Waals surface area (Å²) in [5, 5.41) is 4.42. The summed E-state index contributed by atoms with van der Waals surface area (Å²) in [4.78, 5) is 2.53. The van der Waals surface area contributed by atoms with Crippen molar-refractivity contribution >= 4 is 0 Å². The maximum absolute atomic E-state index is 5.43. The van der Waals surface area contributed by atoms with Gasteiger partial charge in [-0.1, -0.05) is 6.92 Å². The average molecular weight is 265 g/mol. The third-order valence-electron chi connectivity index (χ3n) is 3.89. The van der Waals surface area contributed by atoms with E-state index in [-0.39, 0.29) is 0 Å². The summed E-state index contributed by atoms with van der Waals surface area (Å²) in [6, 6.07) is 0.444. The number of ether oxygens (including phenoxy) is 1. The molecule has 0 unspecified atom stereocenters. The molecule has 0 aliphatic carbocycles. The van der Waals surface area contributed by atoms with Gasteiger partial charge in [0.1, 0.15) is 0 Å². The van der Waals surface area contributed by atoms with E-state index in [0.29, 0.717) is 6.04 Å². The number of aromatic nitrogens is 2. The Bertz CT molecular complexity index is 369. The van der Waals surface area contributed by atoms with E-state index in [2.05, 4.69) is 37.0 Å². The van der Waals surface area contributed by atoms with Crippen molar-refractivity contribution in [1.82, 2.24) is 14.7 Å². The van der Waals surface area contributed by atoms with Crippen molar-refractivity contribution in [3.63, 3.8) is 0 Å². The van der Waals surface area contributed by atoms with Crippen molar-refractivity contribution in [2.24, 2.45) is 5.92 Å². The Morgan fingerprint density at radius 3 is 2.74 bits per heavy atom. The Kier molecular flexibility index (Phi) is 5.40. The molecule has 0 N–H and O–H groups in total. The fourth-order valence-electron chi connectivity index (χ4n) is 2.60. The highest BCUT2D eigenvalue weighted by Gasteiger charge is 2.17. The molecule has 4 nitrogen and oxygen atoms in total. The van der Waals surface area contributed by atoms with Crippen LogP contribution >= 0.6 is 0 Å². The lowest BCUT2D eigenvalue weighted by Crippen LogP contribution is -2.32. The van der Waals surface area contributed by atoms with Crippen molar-refractivity contribution < 1.29 is 4.74 Å². The largest absolute Gasteiger partial charge is 0.381 e. The first kappa shape index (κ1) is 14.5. The van der Waals surface area contributed by atoms with Gasteiger partial charge in [-0.3, -0.25) is 9.58 Å². The van der Waals surface area contributed by atoms with E-state index in [0.717, 1.165) is 32.2 Å². The minimum atomic E-state index is 0.444. The van der Waals surface area contributed by atoms with Gasteiger partial charge in [-0.25, -0.2) is 0 Å². The number of hydrogen-bond acceptors (Lipinski definition) is 3. The second-order valence-electron chi connectivity index (χ2n) is 5.81. The highest BCUT2D eigenvalue weighted by atomic mass is 16.5. The fourth-order valence-corrected chi connectivity index (χ4v) is 2.60. The minimum absolute atomic E-state index is 0.444. The van der Waals surface area contributed by atoms with Gasteiger partial charge >= 0.3 is 0 Å². The molecule has 19 heavy (non-hydrogen) atoms. The SMILES string of the molecule is CCN(Cc1cnn(C(C)C)c1)CC1CCOCC1. The van der Waals surface area contributed by atoms with Crippen molar-refractivity contribution in [3.05, 3.63) is 18.0 Å². The fraction of sp³-hybridized carbons (Fsp3) is 0.800. The summed E-state index contributed by atoms with van der Waals surface area (Å²) in [5.74, 6) is 0.800. The van der Waals surface area contributed by atoms with E-state index in [4.69, 9.17) is 4.74 Å². The second-order valence-corrected chi connectivity index (χ2v) is 5.81. The molecule has 4 heteroatoms. The predicted molar refractivity (Wildman–Crippen MR) is 77.1 cm³/mol. The topological polar surface area (TPSA) is 30.3 Å². The lowest BCUT2D eigenvalue weighted by Gasteiger charge is -2.28. The van der Waals surface area contributed by atoms with Crippen LogP contribution in [0.5, 0.6) is 0 Å². The highest BCUT2D eigenvalue weighted by Crippen LogP contribution is 2.17. The van der Waals surface area contributed by atoms with Crippen LogP contribution in [0.25, 0.3) is 0 Å². The standard InChI is InChI=1S/C15H27N3O/c1-4-17(10-14-5-7-19-8-6-14)11-15-9-16-18(12-15)13(2)3/h9,12-14H,4-8,10-11H2,1-3H3. The van der Waals surface area contributed by atoms with Gasteiger partial charge in [-0.2, -0.15) is 5.10 Å². The van der Waals surface area contributed by atoms with Gasteiger partial charge in [-0.15, -0.1) is 0 Å². The monoisotopic (exact) mass is 265 g/mol. The maximum atomic E-state index is 5.43. The molecule has 1 saturated heterocycles. The van der Waals surface area contributed by atoms with Crippen LogP contribution in [0.1, 0.15) is 45.2 Å². The molecule has 1 aliphatic heterocycles. The van der Waals surface area contributed by atoms with Crippen molar-refractivity contribution in [2.45, 2.75) is 46.2 Å². The third-order valence-corrected chi connectivity index (χ3v) is 3.89. The number of nitrogens with zero attached hydrogens (tertiary/aromatic N) is 3. The maximum Gasteiger partial charge on any atom is 0.0534 e. The van der Waals surface area contributed by atoms with Crippen LogP contribution < -0.4 is 0 Å². The van der Waals surface area contributed by atoms with Crippen LogP contribution in [0.15, 0.2) is 12.4 Å². The molecule has 1 fully saturated rings. The molecule has 0 atom stereocenters. The minimum Gasteiger partial charge on any atom is -0.381 e. The summed E-state index contributed by atoms with van der Waals surface area (Å²) in [7, 11) is 0. The normalized spacial score (nSPS) is 17.5. The van der Waals surface area contributed by atoms with E-state index >= 15 is 0 Å². The van der Waals surface area contributed by atoms with Crippen LogP contribution in [-0.2, 0) is 11.3 Å². The Labute approximate surface area is 116 Å². The second kappa shape index (κ2) is 7.06. The van der Waals surface area contributed by atoms with Gasteiger partial charge < -0.3 is 4.74 Å². The Morgan fingerprint density at radius 1 is 1.42 bits per heavy atom. The van der Waals surface area contributed by atoms with Gasteiger partial charge in [0, 0.05) is 44.1 Å². The Balaban J connectivity index is 1.86. The van der Waals surface area contributed by atoms with E-state index < -0.39 is 0 Å². The van der Waals surface area contributed by atoms with Gasteiger partial charge in [0.2, 0.25) is 0 Å². The van der Waals surface area contributed by atoms with Gasteiger partial charge in [0.15, 0.2) is 0 Å². The molecule has 2 rings (SSSR count). The average Bonchev–Trinajstić information content (AvgIpc) is 2.88. The van der Waals surface area contributed by atoms with Crippen molar-refractivity contribution in [3.8, 4) is 0 Å². The molecule has 0 spiro atoms. The molecule has 0 bridgehead atoms. The number of rotatable bonds is 6. The molecular formula is C15H27N3O. The van der Waals surface area contributed by atoms with E-state index in [1.54, 1.807) is 0 Å². The molecular weight excluding hydrogens is 238 g/mol. The quantitative estimate of drug-likeness (QED) is 0.792. The summed E-state index contributed by atoms with van der Waals surface area (Å²) < 4.78 is 7.47. The Hall–Kier alpha value is -0.870. The molecule has 0 amide bonds. The Morgan fingerprint density at radius 2 is 2.16 bits per heavy atom. The van der Waals surface area contributed by atoms with Crippen LogP contribution in [0.4, 0.5) is 0 Å². The van der Waals surface area contributed by atoms with Gasteiger partial charge in [0.25, 0.3) is 0 Å². The highest BCUT2D eigenvalue weighted by molar-refractivity contribution is 5.04. The summed E-state index contributed by atoms with van der Waals surface area (Å²) in [6.07, 6.45) is 6.60. The van der Waals surface area contributed by atoms with Crippen LogP contribution in [0.2, 0.25) is 0 Å². The molecule has 108 valence electrons. The van der Waals surface area contributed by atoms with Gasteiger partial charge in [0.05, 0.1) is 6.20 Å². The zero-order chi connectivity index (χ0) is 13.7. The van der Waals surface area contributed by atoms with E-state index in [9.17, 15) is 0 Å². The van der Waals surface area contributed by atoms with E-state index in [1.165, 1.54) is 24.9 Å². The lowest BCUT2D eigenvalue weighted by molar-refractivity contribution is 0.0521. The summed E-state index contributed by atoms with van der Waals surface area (Å²) >= 11 is 0. The first-order valence-corrected chi connectivity index (χ1v) is 7.52. The number of hydrogen-bond donors (Lipinski definition) is 0. The van der Waals surface area contributed by atoms with Crippen molar-refractivity contribution in [1.29, 1.82) is 0 Å². The smallest absolute Gasteiger partial charge is 0.0534 e. The van der Waals surface area contributed by atoms with Crippen LogP contribution in [-0.4, -0.2) is 41.0 Å². The molecule has 1 aliphatic rings. The first-order valence-electron chi connectivity index (χ1n) is 7.52. The summed E-state index contributed by atoms with van der Waals surface area (Å²) in [6.45, 7) is 11.7. The molecule has 0 saturated carbocycles. The zero-order valence-corrected chi connectivity index (χ0v) is 12.5. The molecule has 1 aromatic rings. The zero-order valence-electron chi connectivity index (χ0n) is 12.5. The van der Waals surface area contributed by atoms with Crippen LogP contribution in [0, 0.1) is 5.92 Å². The predicted octanol–water partition coefficient (Wildman–Crippen LogP) is 2.71. The molecule has 0 radical (unpaired) electrons. The summed E-state index contributed by atoms with van der Waals surface area (Å²) in [5.41, 5.74) is 1.32. The molecule has 1 aromatic heterocycles. The van der Waals surface area contributed by atoms with Crippen LogP contribution in [0.3, 0.4) is 0 Å². The molecule has 0 aromatic carbocycles. The third kappa shape index (κ3) is 4.32.